The fourth-order valence-corrected chi connectivity index (χ4v) is 3.02. The summed E-state index contributed by atoms with van der Waals surface area (Å²) < 4.78 is 4.85. The van der Waals surface area contributed by atoms with E-state index < -0.39 is 28.2 Å². The third kappa shape index (κ3) is 4.26. The zero-order valence-corrected chi connectivity index (χ0v) is 15.8. The van der Waals surface area contributed by atoms with Gasteiger partial charge in [-0.3, -0.25) is 20.2 Å². The van der Waals surface area contributed by atoms with E-state index >= 15 is 0 Å². The first-order valence-corrected chi connectivity index (χ1v) is 8.41. The number of aromatic hydroxyl groups is 1. The number of carbonyl (C=O) groups excluding carboxylic acids is 2. The Morgan fingerprint density at radius 2 is 2.23 bits per heavy atom. The van der Waals surface area contributed by atoms with E-state index in [9.17, 15) is 24.8 Å². The van der Waals surface area contributed by atoms with Crippen LogP contribution in [0.5, 0.6) is 5.75 Å². The fraction of sp³-hybridized carbons (Fsp3) is 0.143. The number of esters is 1. The number of carbonyl (C=O) groups is 2. The number of hydrogen-bond donors (Lipinski definition) is 2. The van der Waals surface area contributed by atoms with Crippen molar-refractivity contribution in [2.45, 2.75) is 6.92 Å². The second-order valence-electron chi connectivity index (χ2n) is 4.76. The molecular formula is C14H11BrN4O6S. The topological polar surface area (TPSA) is 143 Å². The lowest BCUT2D eigenvalue weighted by atomic mass is 10.1. The summed E-state index contributed by atoms with van der Waals surface area (Å²) in [6.45, 7) is 1.49. The molecule has 2 N–H and O–H groups in total. The van der Waals surface area contributed by atoms with E-state index in [2.05, 4.69) is 36.2 Å². The van der Waals surface area contributed by atoms with E-state index in [4.69, 9.17) is 0 Å². The lowest BCUT2D eigenvalue weighted by Gasteiger charge is -2.05. The number of halogens is 1. The third-order valence-corrected chi connectivity index (χ3v) is 4.85. The van der Waals surface area contributed by atoms with Crippen LogP contribution in [0.3, 0.4) is 0 Å². The van der Waals surface area contributed by atoms with Crippen molar-refractivity contribution >= 4 is 56.6 Å². The molecule has 0 saturated carbocycles. The second-order valence-corrected chi connectivity index (χ2v) is 6.65. The first kappa shape index (κ1) is 19.6. The predicted molar refractivity (Wildman–Crippen MR) is 98.1 cm³/mol. The van der Waals surface area contributed by atoms with E-state index in [1.165, 1.54) is 20.1 Å². The van der Waals surface area contributed by atoms with Crippen molar-refractivity contribution in [3.05, 3.63) is 42.8 Å². The van der Waals surface area contributed by atoms with Gasteiger partial charge in [-0.05, 0) is 24.8 Å². The molecule has 1 heterocycles. The lowest BCUT2D eigenvalue weighted by Crippen LogP contribution is -2.19. The number of hydrogen-bond acceptors (Lipinski definition) is 9. The lowest BCUT2D eigenvalue weighted by molar-refractivity contribution is -0.386. The van der Waals surface area contributed by atoms with Gasteiger partial charge in [0.15, 0.2) is 5.17 Å². The Morgan fingerprint density at radius 1 is 1.54 bits per heavy atom. The van der Waals surface area contributed by atoms with Gasteiger partial charge in [0.1, 0.15) is 0 Å². The summed E-state index contributed by atoms with van der Waals surface area (Å²) in [4.78, 5) is 33.3. The van der Waals surface area contributed by atoms with Crippen LogP contribution >= 0.6 is 27.7 Å². The largest absolute Gasteiger partial charge is 0.502 e. The Hall–Kier alpha value is -2.73. The minimum absolute atomic E-state index is 0.0678. The molecule has 0 bridgehead atoms. The number of benzene rings is 1. The number of nitro groups is 1. The SMILES string of the molecule is COC(=O)/C=C1/S/C(=N\N=Cc2cc(Br)c(C)c([N+](=O)[O-])c2O)NC1=O. The van der Waals surface area contributed by atoms with E-state index in [0.717, 1.165) is 24.1 Å². The van der Waals surface area contributed by atoms with Crippen LogP contribution in [0, 0.1) is 17.0 Å². The molecule has 1 fully saturated rings. The maximum Gasteiger partial charge on any atom is 0.331 e. The van der Waals surface area contributed by atoms with Gasteiger partial charge in [-0.1, -0.05) is 15.9 Å². The van der Waals surface area contributed by atoms with Gasteiger partial charge in [-0.2, -0.15) is 5.10 Å². The highest BCUT2D eigenvalue weighted by atomic mass is 79.9. The van der Waals surface area contributed by atoms with Crippen molar-refractivity contribution < 1.29 is 24.4 Å². The predicted octanol–water partition coefficient (Wildman–Crippen LogP) is 1.98. The Bertz CT molecular complexity index is 896. The Morgan fingerprint density at radius 3 is 2.85 bits per heavy atom. The highest BCUT2D eigenvalue weighted by Gasteiger charge is 2.25. The van der Waals surface area contributed by atoms with Crippen LogP contribution in [-0.4, -0.2) is 40.4 Å². The Balaban J connectivity index is 2.25. The Kier molecular flexibility index (Phi) is 6.10. The van der Waals surface area contributed by atoms with Crippen LogP contribution in [0.2, 0.25) is 0 Å². The molecule has 0 unspecified atom stereocenters. The minimum Gasteiger partial charge on any atom is -0.502 e. The number of methoxy groups -OCH3 is 1. The highest BCUT2D eigenvalue weighted by Crippen LogP contribution is 2.37. The van der Waals surface area contributed by atoms with Gasteiger partial charge in [0, 0.05) is 21.7 Å². The number of amidine groups is 1. The van der Waals surface area contributed by atoms with Gasteiger partial charge in [0.05, 0.1) is 23.2 Å². The average Bonchev–Trinajstić information content (AvgIpc) is 2.91. The molecule has 10 nitrogen and oxygen atoms in total. The number of rotatable bonds is 4. The quantitative estimate of drug-likeness (QED) is 0.238. The first-order valence-electron chi connectivity index (χ1n) is 6.81. The van der Waals surface area contributed by atoms with Gasteiger partial charge >= 0.3 is 11.7 Å². The summed E-state index contributed by atoms with van der Waals surface area (Å²) in [6.07, 6.45) is 2.12. The van der Waals surface area contributed by atoms with Gasteiger partial charge in [-0.15, -0.1) is 5.10 Å². The summed E-state index contributed by atoms with van der Waals surface area (Å²) in [5, 5.41) is 31.0. The monoisotopic (exact) mass is 442 g/mol. The van der Waals surface area contributed by atoms with Crippen molar-refractivity contribution in [2.75, 3.05) is 7.11 Å². The third-order valence-electron chi connectivity index (χ3n) is 3.12. The maximum absolute atomic E-state index is 11.7. The molecule has 136 valence electrons. The normalized spacial score (nSPS) is 17.1. The molecule has 0 aromatic heterocycles. The molecule has 0 aliphatic carbocycles. The molecule has 1 aliphatic heterocycles. The van der Waals surface area contributed by atoms with E-state index in [0.29, 0.717) is 4.47 Å². The van der Waals surface area contributed by atoms with Crippen LogP contribution in [0.15, 0.2) is 31.7 Å². The number of phenols is 1. The van der Waals surface area contributed by atoms with Gasteiger partial charge in [0.25, 0.3) is 5.91 Å². The molecule has 26 heavy (non-hydrogen) atoms. The number of phenolic OH excluding ortho intramolecular Hbond substituents is 1. The number of ether oxygens (including phenoxy) is 1. The number of nitrogens with one attached hydrogen (secondary N) is 1. The summed E-state index contributed by atoms with van der Waals surface area (Å²) in [5.74, 6) is -1.77. The Labute approximate surface area is 159 Å². The van der Waals surface area contributed by atoms with Crippen LogP contribution in [0.4, 0.5) is 5.69 Å². The summed E-state index contributed by atoms with van der Waals surface area (Å²) >= 11 is 4.05. The van der Waals surface area contributed by atoms with Crippen LogP contribution in [0.25, 0.3) is 0 Å². The molecule has 12 heteroatoms. The standard InChI is InChI=1S/C14H11BrN4O6S/c1-6-8(15)3-7(12(21)11(6)19(23)24)5-16-18-14-17-13(22)9(26-14)4-10(20)25-2/h3-5,21H,1-2H3,(H,17,18,22)/b9-4+,16-5?. The molecule has 0 radical (unpaired) electrons. The van der Waals surface area contributed by atoms with Crippen molar-refractivity contribution in [3.63, 3.8) is 0 Å². The molecule has 2 rings (SSSR count). The maximum atomic E-state index is 11.7. The zero-order chi connectivity index (χ0) is 19.4. The molecule has 1 aromatic carbocycles. The van der Waals surface area contributed by atoms with Gasteiger partial charge in [-0.25, -0.2) is 4.79 Å². The molecule has 0 spiro atoms. The summed E-state index contributed by atoms with van der Waals surface area (Å²) in [6, 6.07) is 1.45. The van der Waals surface area contributed by atoms with Crippen LogP contribution < -0.4 is 5.32 Å². The van der Waals surface area contributed by atoms with Crippen molar-refractivity contribution in [3.8, 4) is 5.75 Å². The first-order chi connectivity index (χ1) is 12.2. The smallest absolute Gasteiger partial charge is 0.331 e. The van der Waals surface area contributed by atoms with Crippen LogP contribution in [-0.2, 0) is 14.3 Å². The average molecular weight is 443 g/mol. The summed E-state index contributed by atoms with van der Waals surface area (Å²) in [5.41, 5.74) is -0.106. The molecule has 1 aliphatic rings. The van der Waals surface area contributed by atoms with Crippen molar-refractivity contribution in [1.82, 2.24) is 5.32 Å². The van der Waals surface area contributed by atoms with E-state index in [-0.39, 0.29) is 21.2 Å². The molecule has 1 aromatic rings. The number of thioether (sulfide) groups is 1. The molecule has 1 saturated heterocycles. The van der Waals surface area contributed by atoms with Crippen LogP contribution in [0.1, 0.15) is 11.1 Å². The second kappa shape index (κ2) is 8.10. The molecular weight excluding hydrogens is 432 g/mol. The fourth-order valence-electron chi connectivity index (χ4n) is 1.85. The van der Waals surface area contributed by atoms with Gasteiger partial charge in [0.2, 0.25) is 5.75 Å². The van der Waals surface area contributed by atoms with Crippen molar-refractivity contribution in [2.24, 2.45) is 10.2 Å². The minimum atomic E-state index is -0.699. The zero-order valence-electron chi connectivity index (χ0n) is 13.3. The number of nitro benzene ring substituents is 1. The van der Waals surface area contributed by atoms with E-state index in [1.807, 2.05) is 0 Å². The molecule has 1 amide bonds. The number of amides is 1. The van der Waals surface area contributed by atoms with Crippen molar-refractivity contribution in [1.29, 1.82) is 0 Å². The van der Waals surface area contributed by atoms with Gasteiger partial charge < -0.3 is 9.84 Å². The summed E-state index contributed by atoms with van der Waals surface area (Å²) in [7, 11) is 1.18. The highest BCUT2D eigenvalue weighted by molar-refractivity contribution is 9.10. The van der Waals surface area contributed by atoms with E-state index in [1.54, 1.807) is 0 Å². The number of nitrogens with zero attached hydrogens (tertiary/aromatic N) is 3. The molecule has 0 atom stereocenters.